The van der Waals surface area contributed by atoms with Gasteiger partial charge in [0, 0.05) is 26.2 Å². The molecule has 6 heteroatoms. The van der Waals surface area contributed by atoms with Crippen molar-refractivity contribution in [3.63, 3.8) is 0 Å². The Morgan fingerprint density at radius 1 is 0.674 bits per heavy atom. The van der Waals surface area contributed by atoms with Crippen molar-refractivity contribution in [2.75, 3.05) is 26.2 Å². The second-order valence-corrected chi connectivity index (χ2v) is 20.3. The molecule has 1 aliphatic heterocycles. The number of rotatable bonds is 2. The van der Waals surface area contributed by atoms with Crippen molar-refractivity contribution in [2.45, 2.75) is 151 Å². The molecule has 0 aromatic heterocycles. The van der Waals surface area contributed by atoms with Crippen molar-refractivity contribution in [3.05, 3.63) is 0 Å². The number of piperazine rings is 1. The fourth-order valence-corrected chi connectivity index (χ4v) is 14.0. The number of aliphatic hydroxyl groups is 1. The number of hydrogen-bond donors (Lipinski definition) is 1. The standard InChI is InChI=1S/C40H66N2O4/c1-34(2,3)46-33(45)42-24-22-41(23-25-42)32(44)40-17-12-26(36(6)18-19-36)31(40)27-10-11-29-37(7)15-14-30(43)35(4,5)28(37)13-16-39(29,9)38(27,8)20-21-40/h26-31,43H,10-25H2,1-9H3. The Morgan fingerprint density at radius 2 is 1.33 bits per heavy atom. The molecule has 6 saturated carbocycles. The highest BCUT2D eigenvalue weighted by Crippen LogP contribution is 2.79. The van der Waals surface area contributed by atoms with E-state index in [4.69, 9.17) is 4.74 Å². The number of carbonyl (C=O) groups is 2. The highest BCUT2D eigenvalue weighted by atomic mass is 16.6. The third-order valence-corrected chi connectivity index (χ3v) is 17.0. The lowest BCUT2D eigenvalue weighted by Gasteiger charge is -2.73. The monoisotopic (exact) mass is 639 g/mol. The smallest absolute Gasteiger partial charge is 0.410 e. The van der Waals surface area contributed by atoms with Crippen LogP contribution >= 0.6 is 0 Å². The van der Waals surface area contributed by atoms with Gasteiger partial charge in [0.2, 0.25) is 5.91 Å². The van der Waals surface area contributed by atoms with Gasteiger partial charge in [-0.1, -0.05) is 41.5 Å². The summed E-state index contributed by atoms with van der Waals surface area (Å²) in [6.45, 7) is 23.4. The van der Waals surface area contributed by atoms with Crippen LogP contribution in [0.2, 0.25) is 0 Å². The third kappa shape index (κ3) is 4.55. The number of ether oxygens (including phenoxy) is 1. The van der Waals surface area contributed by atoms with E-state index in [0.29, 0.717) is 67.1 Å². The molecule has 1 heterocycles. The van der Waals surface area contributed by atoms with Crippen LogP contribution in [0.15, 0.2) is 0 Å². The van der Waals surface area contributed by atoms with E-state index >= 15 is 4.79 Å². The molecule has 7 aliphatic rings. The fraction of sp³-hybridized carbons (Fsp3) is 0.950. The average Bonchev–Trinajstić information content (AvgIpc) is 3.59. The molecule has 1 N–H and O–H groups in total. The van der Waals surface area contributed by atoms with E-state index in [-0.39, 0.29) is 39.3 Å². The van der Waals surface area contributed by atoms with Gasteiger partial charge in [0.1, 0.15) is 5.60 Å². The molecule has 10 atom stereocenters. The predicted molar refractivity (Wildman–Crippen MR) is 182 cm³/mol. The highest BCUT2D eigenvalue weighted by molar-refractivity contribution is 5.84. The zero-order valence-electron chi connectivity index (χ0n) is 30.8. The van der Waals surface area contributed by atoms with Crippen LogP contribution in [0.4, 0.5) is 4.79 Å². The maximum atomic E-state index is 15.0. The van der Waals surface area contributed by atoms with Gasteiger partial charge in [0.25, 0.3) is 0 Å². The van der Waals surface area contributed by atoms with Crippen molar-refractivity contribution < 1.29 is 19.4 Å². The molecule has 0 spiro atoms. The first-order valence-electron chi connectivity index (χ1n) is 19.3. The third-order valence-electron chi connectivity index (χ3n) is 17.0. The van der Waals surface area contributed by atoms with Crippen LogP contribution in [0.1, 0.15) is 139 Å². The summed E-state index contributed by atoms with van der Waals surface area (Å²) in [5.74, 6) is 3.41. The van der Waals surface area contributed by atoms with Gasteiger partial charge in [-0.2, -0.15) is 0 Å². The molecular formula is C40H66N2O4. The summed E-state index contributed by atoms with van der Waals surface area (Å²) in [5.41, 5.74) is 0.419. The first-order chi connectivity index (χ1) is 21.3. The van der Waals surface area contributed by atoms with E-state index in [2.05, 4.69) is 46.4 Å². The quantitative estimate of drug-likeness (QED) is 0.330. The van der Waals surface area contributed by atoms with Gasteiger partial charge >= 0.3 is 6.09 Å². The van der Waals surface area contributed by atoms with Crippen LogP contribution in [0.25, 0.3) is 0 Å². The number of carbonyl (C=O) groups excluding carboxylic acids is 2. The molecule has 6 nitrogen and oxygen atoms in total. The van der Waals surface area contributed by atoms with Crippen molar-refractivity contribution in [1.82, 2.24) is 9.80 Å². The molecular weight excluding hydrogens is 572 g/mol. The summed E-state index contributed by atoms with van der Waals surface area (Å²) in [6.07, 6.45) is 13.8. The van der Waals surface area contributed by atoms with Crippen LogP contribution in [0.3, 0.4) is 0 Å². The summed E-state index contributed by atoms with van der Waals surface area (Å²) in [5, 5.41) is 11.1. The van der Waals surface area contributed by atoms with Crippen LogP contribution < -0.4 is 0 Å². The van der Waals surface area contributed by atoms with E-state index in [9.17, 15) is 9.90 Å². The molecule has 1 saturated heterocycles. The Bertz CT molecular complexity index is 1240. The summed E-state index contributed by atoms with van der Waals surface area (Å²) in [6, 6.07) is 0. The fourth-order valence-electron chi connectivity index (χ4n) is 14.0. The molecule has 0 aromatic rings. The number of aliphatic hydroxyl groups excluding tert-OH is 1. The van der Waals surface area contributed by atoms with Crippen molar-refractivity contribution >= 4 is 12.0 Å². The first-order valence-corrected chi connectivity index (χ1v) is 19.3. The van der Waals surface area contributed by atoms with E-state index < -0.39 is 5.60 Å². The average molecular weight is 639 g/mol. The molecule has 0 bridgehead atoms. The molecule has 0 radical (unpaired) electrons. The highest BCUT2D eigenvalue weighted by Gasteiger charge is 2.73. The Labute approximate surface area is 280 Å². The van der Waals surface area contributed by atoms with Gasteiger partial charge in [0.15, 0.2) is 0 Å². The van der Waals surface area contributed by atoms with Gasteiger partial charge in [-0.3, -0.25) is 4.79 Å². The van der Waals surface area contributed by atoms with E-state index in [1.54, 1.807) is 4.90 Å². The second kappa shape index (κ2) is 10.4. The molecule has 6 aliphatic carbocycles. The van der Waals surface area contributed by atoms with Gasteiger partial charge in [-0.25, -0.2) is 4.79 Å². The van der Waals surface area contributed by atoms with Gasteiger partial charge < -0.3 is 19.6 Å². The number of nitrogens with zero attached hydrogens (tertiary/aromatic N) is 2. The van der Waals surface area contributed by atoms with Crippen molar-refractivity contribution in [1.29, 1.82) is 0 Å². The summed E-state index contributed by atoms with van der Waals surface area (Å²) < 4.78 is 5.67. The molecule has 46 heavy (non-hydrogen) atoms. The van der Waals surface area contributed by atoms with E-state index in [1.165, 1.54) is 51.4 Å². The van der Waals surface area contributed by atoms with Crippen LogP contribution in [-0.2, 0) is 9.53 Å². The number of amides is 2. The second-order valence-electron chi connectivity index (χ2n) is 20.3. The number of fused-ring (bicyclic) bond motifs is 7. The van der Waals surface area contributed by atoms with Gasteiger partial charge in [0.05, 0.1) is 11.5 Å². The molecule has 2 amide bonds. The van der Waals surface area contributed by atoms with Crippen LogP contribution in [0.5, 0.6) is 0 Å². The Kier molecular flexibility index (Phi) is 7.48. The molecule has 7 rings (SSSR count). The molecule has 7 fully saturated rings. The predicted octanol–water partition coefficient (Wildman–Crippen LogP) is 8.31. The van der Waals surface area contributed by atoms with Gasteiger partial charge in [-0.15, -0.1) is 0 Å². The van der Waals surface area contributed by atoms with Gasteiger partial charge in [-0.05, 0) is 154 Å². The Morgan fingerprint density at radius 3 is 1.96 bits per heavy atom. The summed E-state index contributed by atoms with van der Waals surface area (Å²) >= 11 is 0. The topological polar surface area (TPSA) is 70.1 Å². The Hall–Kier alpha value is -1.30. The summed E-state index contributed by atoms with van der Waals surface area (Å²) in [4.78, 5) is 31.8. The Balaban J connectivity index is 1.17. The molecule has 10 unspecified atom stereocenters. The largest absolute Gasteiger partial charge is 0.444 e. The minimum atomic E-state index is -0.510. The zero-order chi connectivity index (χ0) is 33.3. The lowest BCUT2D eigenvalue weighted by atomic mass is 9.32. The number of hydrogen-bond acceptors (Lipinski definition) is 4. The lowest BCUT2D eigenvalue weighted by Crippen LogP contribution is -2.68. The van der Waals surface area contributed by atoms with Crippen LogP contribution in [-0.4, -0.2) is 64.8 Å². The minimum Gasteiger partial charge on any atom is -0.444 e. The minimum absolute atomic E-state index is 0.0230. The SMILES string of the molecule is CC(C)(C)OC(=O)N1CCN(C(=O)C23CCC(C4(C)CC4)C2C2CCC4C5(C)CCC(O)C(C)(C)C5CCC4(C)C2(C)CC3)CC1. The van der Waals surface area contributed by atoms with Crippen LogP contribution in [0, 0.1) is 62.1 Å². The van der Waals surface area contributed by atoms with Crippen molar-refractivity contribution in [2.24, 2.45) is 62.1 Å². The molecule has 0 aromatic carbocycles. The van der Waals surface area contributed by atoms with E-state index in [0.717, 1.165) is 25.7 Å². The van der Waals surface area contributed by atoms with Crippen molar-refractivity contribution in [3.8, 4) is 0 Å². The maximum Gasteiger partial charge on any atom is 0.410 e. The lowest BCUT2D eigenvalue weighted by molar-refractivity contribution is -0.249. The zero-order valence-corrected chi connectivity index (χ0v) is 30.8. The van der Waals surface area contributed by atoms with E-state index in [1.807, 2.05) is 20.8 Å². The summed E-state index contributed by atoms with van der Waals surface area (Å²) in [7, 11) is 0. The first kappa shape index (κ1) is 33.2. The maximum absolute atomic E-state index is 15.0. The molecule has 260 valence electrons. The normalized spacial score (nSPS) is 47.6.